The molecule has 154 valence electrons. The second kappa shape index (κ2) is 7.34. The Morgan fingerprint density at radius 3 is 2.83 bits per heavy atom. The third kappa shape index (κ3) is 3.46. The summed E-state index contributed by atoms with van der Waals surface area (Å²) in [7, 11) is -3.68. The fourth-order valence-corrected chi connectivity index (χ4v) is 5.34. The van der Waals surface area contributed by atoms with Crippen molar-refractivity contribution in [3.63, 3.8) is 0 Å². The Bertz CT molecular complexity index is 1120. The molecule has 1 N–H and O–H groups in total. The Hall–Kier alpha value is -2.59. The smallest absolute Gasteiger partial charge is 0.302 e. The minimum atomic E-state index is -3.68. The van der Waals surface area contributed by atoms with Gasteiger partial charge < -0.3 is 9.26 Å². The molecule has 2 aliphatic heterocycles. The van der Waals surface area contributed by atoms with Crippen LogP contribution in [-0.2, 0) is 23.2 Å². The molecule has 29 heavy (non-hydrogen) atoms. The van der Waals surface area contributed by atoms with Crippen molar-refractivity contribution in [1.29, 1.82) is 0 Å². The second-order valence-electron chi connectivity index (χ2n) is 7.47. The van der Waals surface area contributed by atoms with E-state index >= 15 is 0 Å². The molecule has 5 rings (SSSR count). The zero-order chi connectivity index (χ0) is 19.8. The molecular formula is C19H23N5O4S. The van der Waals surface area contributed by atoms with E-state index in [9.17, 15) is 8.42 Å². The van der Waals surface area contributed by atoms with Gasteiger partial charge in [0, 0.05) is 31.0 Å². The number of anilines is 1. The quantitative estimate of drug-likeness (QED) is 0.684. The largest absolute Gasteiger partial charge is 0.492 e. The molecule has 0 saturated carbocycles. The number of nitrogens with zero attached hydrogens (tertiary/aromatic N) is 4. The van der Waals surface area contributed by atoms with Crippen molar-refractivity contribution in [2.75, 3.05) is 24.4 Å². The highest BCUT2D eigenvalue weighted by Gasteiger charge is 2.29. The fourth-order valence-electron chi connectivity index (χ4n) is 4.09. The van der Waals surface area contributed by atoms with Crippen LogP contribution in [0.15, 0.2) is 29.0 Å². The van der Waals surface area contributed by atoms with Gasteiger partial charge >= 0.3 is 10.2 Å². The molecule has 2 aliphatic rings. The normalized spacial score (nSPS) is 17.8. The molecule has 2 aromatic heterocycles. The lowest BCUT2D eigenvalue weighted by Gasteiger charge is -2.26. The lowest BCUT2D eigenvalue weighted by molar-refractivity contribution is 0.291. The van der Waals surface area contributed by atoms with E-state index in [1.807, 2.05) is 23.0 Å². The SMILES string of the molecule is O=S(=O)(Nc1noc2cc(Cn3cccn3)c3c(c12)OCCC3)N1CCCCC1. The van der Waals surface area contributed by atoms with Gasteiger partial charge in [0.25, 0.3) is 0 Å². The van der Waals surface area contributed by atoms with Crippen molar-refractivity contribution < 1.29 is 17.7 Å². The molecule has 10 heteroatoms. The van der Waals surface area contributed by atoms with Crippen LogP contribution in [0, 0.1) is 0 Å². The van der Waals surface area contributed by atoms with Crippen LogP contribution in [0.1, 0.15) is 36.8 Å². The first kappa shape index (κ1) is 18.4. The van der Waals surface area contributed by atoms with Gasteiger partial charge in [0.15, 0.2) is 11.4 Å². The molecular weight excluding hydrogens is 394 g/mol. The fraction of sp³-hybridized carbons (Fsp3) is 0.474. The first-order valence-corrected chi connectivity index (χ1v) is 11.4. The Morgan fingerprint density at radius 1 is 1.17 bits per heavy atom. The maximum Gasteiger partial charge on any atom is 0.302 e. The summed E-state index contributed by atoms with van der Waals surface area (Å²) < 4.78 is 43.1. The predicted octanol–water partition coefficient (Wildman–Crippen LogP) is 2.54. The molecule has 3 aromatic rings. The Labute approximate surface area is 168 Å². The maximum absolute atomic E-state index is 12.8. The topological polar surface area (TPSA) is 102 Å². The van der Waals surface area contributed by atoms with Gasteiger partial charge in [-0.1, -0.05) is 11.6 Å². The number of ether oxygens (including phenoxy) is 1. The Balaban J connectivity index is 1.54. The molecule has 1 aromatic carbocycles. The summed E-state index contributed by atoms with van der Waals surface area (Å²) in [4.78, 5) is 0. The highest BCUT2D eigenvalue weighted by Crippen LogP contribution is 2.40. The summed E-state index contributed by atoms with van der Waals surface area (Å²) >= 11 is 0. The van der Waals surface area contributed by atoms with Gasteiger partial charge in [-0.25, -0.2) is 0 Å². The van der Waals surface area contributed by atoms with Crippen LogP contribution in [0.3, 0.4) is 0 Å². The van der Waals surface area contributed by atoms with Crippen LogP contribution in [0.4, 0.5) is 5.82 Å². The second-order valence-corrected chi connectivity index (χ2v) is 9.14. The average Bonchev–Trinajstić information content (AvgIpc) is 3.39. The van der Waals surface area contributed by atoms with Crippen molar-refractivity contribution in [2.45, 2.75) is 38.6 Å². The average molecular weight is 417 g/mol. The van der Waals surface area contributed by atoms with E-state index in [0.717, 1.165) is 43.2 Å². The molecule has 0 atom stereocenters. The summed E-state index contributed by atoms with van der Waals surface area (Å²) in [5, 5.41) is 8.89. The Morgan fingerprint density at radius 2 is 2.03 bits per heavy atom. The van der Waals surface area contributed by atoms with Gasteiger partial charge in [0.05, 0.1) is 13.2 Å². The van der Waals surface area contributed by atoms with Gasteiger partial charge in [0.2, 0.25) is 0 Å². The van der Waals surface area contributed by atoms with Crippen LogP contribution in [-0.4, -0.2) is 47.4 Å². The first-order chi connectivity index (χ1) is 14.1. The van der Waals surface area contributed by atoms with Crippen molar-refractivity contribution in [3.05, 3.63) is 35.7 Å². The third-order valence-corrected chi connectivity index (χ3v) is 7.00. The van der Waals surface area contributed by atoms with Crippen molar-refractivity contribution in [1.82, 2.24) is 19.2 Å². The van der Waals surface area contributed by atoms with Crippen LogP contribution in [0.2, 0.25) is 0 Å². The zero-order valence-electron chi connectivity index (χ0n) is 16.0. The lowest BCUT2D eigenvalue weighted by Crippen LogP contribution is -2.39. The molecule has 0 spiro atoms. The van der Waals surface area contributed by atoms with Crippen LogP contribution in [0.25, 0.3) is 11.0 Å². The van der Waals surface area contributed by atoms with E-state index in [1.165, 1.54) is 4.31 Å². The van der Waals surface area contributed by atoms with Crippen molar-refractivity contribution in [2.24, 2.45) is 0 Å². The van der Waals surface area contributed by atoms with Crippen LogP contribution >= 0.6 is 0 Å². The van der Waals surface area contributed by atoms with Crippen molar-refractivity contribution >= 4 is 27.0 Å². The lowest BCUT2D eigenvalue weighted by atomic mass is 9.97. The van der Waals surface area contributed by atoms with E-state index in [1.54, 1.807) is 6.20 Å². The summed E-state index contributed by atoms with van der Waals surface area (Å²) in [5.41, 5.74) is 2.60. The number of aromatic nitrogens is 3. The molecule has 1 saturated heterocycles. The minimum Gasteiger partial charge on any atom is -0.492 e. The van der Waals surface area contributed by atoms with Crippen LogP contribution < -0.4 is 9.46 Å². The molecule has 4 heterocycles. The molecule has 1 fully saturated rings. The van der Waals surface area contributed by atoms with E-state index in [4.69, 9.17) is 9.26 Å². The van der Waals surface area contributed by atoms with E-state index in [2.05, 4.69) is 15.0 Å². The van der Waals surface area contributed by atoms with Gasteiger partial charge in [-0.3, -0.25) is 9.40 Å². The molecule has 0 aliphatic carbocycles. The standard InChI is InChI=1S/C19H23N5O4S/c25-29(26,24-9-2-1-3-10-24)22-19-17-16(28-21-19)12-14(13-23-8-5-7-20-23)15-6-4-11-27-18(15)17/h5,7-8,12H,1-4,6,9-11,13H2,(H,21,22). The highest BCUT2D eigenvalue weighted by molar-refractivity contribution is 7.90. The molecule has 0 bridgehead atoms. The number of rotatable bonds is 5. The third-order valence-electron chi connectivity index (χ3n) is 5.50. The molecule has 9 nitrogen and oxygen atoms in total. The van der Waals surface area contributed by atoms with Crippen molar-refractivity contribution in [3.8, 4) is 5.75 Å². The number of nitrogens with one attached hydrogen (secondary N) is 1. The van der Waals surface area contributed by atoms with Gasteiger partial charge in [-0.05, 0) is 43.4 Å². The van der Waals surface area contributed by atoms with E-state index in [-0.39, 0.29) is 5.82 Å². The van der Waals surface area contributed by atoms with Gasteiger partial charge in [0.1, 0.15) is 11.1 Å². The van der Waals surface area contributed by atoms with E-state index in [0.29, 0.717) is 43.0 Å². The number of piperidine rings is 1. The number of benzene rings is 1. The number of hydrogen-bond acceptors (Lipinski definition) is 6. The van der Waals surface area contributed by atoms with Gasteiger partial charge in [-0.2, -0.15) is 17.8 Å². The van der Waals surface area contributed by atoms with Gasteiger partial charge in [-0.15, -0.1) is 0 Å². The maximum atomic E-state index is 12.8. The number of fused-ring (bicyclic) bond motifs is 3. The summed E-state index contributed by atoms with van der Waals surface area (Å²) in [6.45, 7) is 2.21. The zero-order valence-corrected chi connectivity index (χ0v) is 16.8. The van der Waals surface area contributed by atoms with Crippen LogP contribution in [0.5, 0.6) is 5.75 Å². The highest BCUT2D eigenvalue weighted by atomic mass is 32.2. The first-order valence-electron chi connectivity index (χ1n) is 9.94. The molecule has 0 radical (unpaired) electrons. The summed E-state index contributed by atoms with van der Waals surface area (Å²) in [5.74, 6) is 0.850. The summed E-state index contributed by atoms with van der Waals surface area (Å²) in [6, 6.07) is 3.79. The van der Waals surface area contributed by atoms with E-state index < -0.39 is 10.2 Å². The Kier molecular flexibility index (Phi) is 4.67. The molecule has 0 unspecified atom stereocenters. The minimum absolute atomic E-state index is 0.189. The number of hydrogen-bond donors (Lipinski definition) is 1. The predicted molar refractivity (Wildman–Crippen MR) is 107 cm³/mol. The molecule has 0 amide bonds. The summed E-state index contributed by atoms with van der Waals surface area (Å²) in [6.07, 6.45) is 8.20. The monoisotopic (exact) mass is 417 g/mol.